The fourth-order valence-corrected chi connectivity index (χ4v) is 7.25. The van der Waals surface area contributed by atoms with E-state index >= 15 is 0 Å². The highest BCUT2D eigenvalue weighted by Crippen LogP contribution is 2.34. The molecule has 18 heteroatoms. The van der Waals surface area contributed by atoms with Crippen LogP contribution in [-0.4, -0.2) is 59.8 Å². The van der Waals surface area contributed by atoms with Crippen molar-refractivity contribution < 1.29 is 55.3 Å². The van der Waals surface area contributed by atoms with Gasteiger partial charge in [0.15, 0.2) is 0 Å². The topological polar surface area (TPSA) is 266 Å². The van der Waals surface area contributed by atoms with E-state index < -0.39 is 53.7 Å². The highest BCUT2D eigenvalue weighted by Gasteiger charge is 2.21. The Morgan fingerprint density at radius 2 is 0.839 bits per heavy atom. The maximum absolute atomic E-state index is 13.0. The standard InChI is InChI=1S/C38H30N4O12S2/c1-19-15-21(35(45)39-23-5-7-25-27(17-23)33(55(49,50)51)13-11-31(25)43)3-9-29(19)41-37(47)38(48)42-30-10-4-22(16-20(30)2)36(46)40-24-6-8-26-28(18-24)34(56(52,53)54)14-12-32(26)44/h3-18,43-44H,1-2H3,(H,39,45)(H,40,46)(H,41,47)(H,42,48)(H,49,50,51)(H,52,53,54). The van der Waals surface area contributed by atoms with Gasteiger partial charge in [-0.1, -0.05) is 0 Å². The van der Waals surface area contributed by atoms with Gasteiger partial charge in [-0.3, -0.25) is 28.3 Å². The van der Waals surface area contributed by atoms with Crippen LogP contribution in [0.5, 0.6) is 11.5 Å². The molecule has 0 radical (unpaired) electrons. The molecule has 8 N–H and O–H groups in total. The summed E-state index contributed by atoms with van der Waals surface area (Å²) >= 11 is 0. The molecule has 0 spiro atoms. The number of phenolic OH excluding ortho intramolecular Hbond substituents is 2. The lowest BCUT2D eigenvalue weighted by molar-refractivity contribution is -0.133. The predicted octanol–water partition coefficient (Wildman–Crippen LogP) is 5.60. The molecule has 0 heterocycles. The number of hydrogen-bond donors (Lipinski definition) is 8. The van der Waals surface area contributed by atoms with Crippen LogP contribution in [0.4, 0.5) is 22.7 Å². The molecule has 0 unspecified atom stereocenters. The molecule has 0 aliphatic carbocycles. The largest absolute Gasteiger partial charge is 0.507 e. The lowest BCUT2D eigenvalue weighted by Crippen LogP contribution is -2.29. The zero-order valence-electron chi connectivity index (χ0n) is 29.1. The molecule has 286 valence electrons. The first-order valence-corrected chi connectivity index (χ1v) is 19.1. The first-order valence-electron chi connectivity index (χ1n) is 16.2. The van der Waals surface area contributed by atoms with Crippen molar-refractivity contribution in [1.29, 1.82) is 0 Å². The number of nitrogens with one attached hydrogen (secondary N) is 4. The molecule has 0 fully saturated rings. The summed E-state index contributed by atoms with van der Waals surface area (Å²) in [5, 5.41) is 30.7. The van der Waals surface area contributed by atoms with Crippen molar-refractivity contribution in [2.24, 2.45) is 0 Å². The van der Waals surface area contributed by atoms with Gasteiger partial charge in [0.25, 0.3) is 32.1 Å². The summed E-state index contributed by atoms with van der Waals surface area (Å²) in [6, 6.07) is 21.0. The van der Waals surface area contributed by atoms with E-state index in [1.165, 1.54) is 72.8 Å². The molecule has 56 heavy (non-hydrogen) atoms. The second-order valence-electron chi connectivity index (χ2n) is 12.5. The third-order valence-corrected chi connectivity index (χ3v) is 10.5. The fraction of sp³-hybridized carbons (Fsp3) is 0.0526. The molecule has 0 aromatic heterocycles. The Morgan fingerprint density at radius 3 is 1.18 bits per heavy atom. The summed E-state index contributed by atoms with van der Waals surface area (Å²) in [4.78, 5) is 50.8. The van der Waals surface area contributed by atoms with E-state index in [9.17, 15) is 55.3 Å². The lowest BCUT2D eigenvalue weighted by atomic mass is 10.1. The zero-order chi connectivity index (χ0) is 40.7. The van der Waals surface area contributed by atoms with Crippen LogP contribution in [-0.2, 0) is 29.8 Å². The van der Waals surface area contributed by atoms with Gasteiger partial charge in [-0.05, 0) is 122 Å². The van der Waals surface area contributed by atoms with Crippen LogP contribution >= 0.6 is 0 Å². The van der Waals surface area contributed by atoms with E-state index in [1.807, 2.05) is 0 Å². The van der Waals surface area contributed by atoms with Crippen LogP contribution in [0.3, 0.4) is 0 Å². The highest BCUT2D eigenvalue weighted by molar-refractivity contribution is 7.86. The Bertz CT molecular complexity index is 2700. The highest BCUT2D eigenvalue weighted by atomic mass is 32.2. The third kappa shape index (κ3) is 8.12. The van der Waals surface area contributed by atoms with Gasteiger partial charge in [0.1, 0.15) is 21.3 Å². The number of amides is 4. The fourth-order valence-electron chi connectivity index (χ4n) is 5.87. The maximum atomic E-state index is 13.0. The molecule has 6 rings (SSSR count). The normalized spacial score (nSPS) is 11.6. The Hall–Kier alpha value is -6.86. The zero-order valence-corrected chi connectivity index (χ0v) is 30.7. The Kier molecular flexibility index (Phi) is 10.2. The van der Waals surface area contributed by atoms with Gasteiger partial charge >= 0.3 is 11.8 Å². The Labute approximate surface area is 318 Å². The lowest BCUT2D eigenvalue weighted by Gasteiger charge is -2.13. The van der Waals surface area contributed by atoms with Crippen LogP contribution in [0.25, 0.3) is 21.5 Å². The van der Waals surface area contributed by atoms with Gasteiger partial charge in [-0.25, -0.2) is 0 Å². The van der Waals surface area contributed by atoms with Crippen molar-refractivity contribution in [3.63, 3.8) is 0 Å². The summed E-state index contributed by atoms with van der Waals surface area (Å²) in [5.41, 5.74) is 1.90. The number of aromatic hydroxyl groups is 2. The monoisotopic (exact) mass is 798 g/mol. The molecule has 16 nitrogen and oxygen atoms in total. The second-order valence-corrected chi connectivity index (χ2v) is 15.3. The maximum Gasteiger partial charge on any atom is 0.314 e. The smallest absolute Gasteiger partial charge is 0.314 e. The SMILES string of the molecule is Cc1cc(C(=O)Nc2ccc3c(O)ccc(S(=O)(=O)O)c3c2)ccc1NC(=O)C(=O)Nc1ccc(C(=O)Nc2ccc3c(O)ccc(S(=O)(=O)O)c3c2)cc1C. The quantitative estimate of drug-likeness (QED) is 0.0691. The summed E-state index contributed by atoms with van der Waals surface area (Å²) in [7, 11) is -9.28. The second kappa shape index (κ2) is 14.8. The molecule has 0 aliphatic rings. The van der Waals surface area contributed by atoms with Crippen LogP contribution in [0.2, 0.25) is 0 Å². The van der Waals surface area contributed by atoms with Crippen LogP contribution in [0, 0.1) is 13.8 Å². The van der Waals surface area contributed by atoms with Gasteiger partial charge < -0.3 is 31.5 Å². The van der Waals surface area contributed by atoms with Gasteiger partial charge in [0.05, 0.1) is 0 Å². The molecule has 0 saturated carbocycles. The average molecular weight is 799 g/mol. The van der Waals surface area contributed by atoms with Crippen molar-refractivity contribution in [2.75, 3.05) is 21.3 Å². The first-order chi connectivity index (χ1) is 26.3. The number of phenols is 2. The summed E-state index contributed by atoms with van der Waals surface area (Å²) in [6.07, 6.45) is 0. The van der Waals surface area contributed by atoms with Crippen LogP contribution < -0.4 is 21.3 Å². The molecule has 6 aromatic rings. The minimum Gasteiger partial charge on any atom is -0.507 e. The van der Waals surface area contributed by atoms with Crippen molar-refractivity contribution in [3.8, 4) is 11.5 Å². The number of anilines is 4. The van der Waals surface area contributed by atoms with Gasteiger partial charge in [-0.2, -0.15) is 16.8 Å². The minimum absolute atomic E-state index is 0.0178. The number of hydrogen-bond acceptors (Lipinski definition) is 10. The first kappa shape index (κ1) is 38.9. The van der Waals surface area contributed by atoms with Crippen molar-refractivity contribution in [2.45, 2.75) is 23.6 Å². The van der Waals surface area contributed by atoms with E-state index in [2.05, 4.69) is 21.3 Å². The van der Waals surface area contributed by atoms with Gasteiger partial charge in [-0.15, -0.1) is 0 Å². The van der Waals surface area contributed by atoms with E-state index in [0.717, 1.165) is 24.3 Å². The van der Waals surface area contributed by atoms with E-state index in [1.54, 1.807) is 13.8 Å². The predicted molar refractivity (Wildman–Crippen MR) is 206 cm³/mol. The summed E-state index contributed by atoms with van der Waals surface area (Å²) < 4.78 is 66.6. The van der Waals surface area contributed by atoms with E-state index in [-0.39, 0.29) is 66.9 Å². The van der Waals surface area contributed by atoms with Gasteiger partial charge in [0, 0.05) is 55.4 Å². The molecule has 0 saturated heterocycles. The molecular formula is C38H30N4O12S2. The van der Waals surface area contributed by atoms with Crippen molar-refractivity contribution >= 4 is 88.2 Å². The van der Waals surface area contributed by atoms with Crippen molar-refractivity contribution in [1.82, 2.24) is 0 Å². The average Bonchev–Trinajstić information content (AvgIpc) is 3.12. The molecule has 0 atom stereocenters. The molecule has 6 aromatic carbocycles. The minimum atomic E-state index is -4.64. The number of fused-ring (bicyclic) bond motifs is 2. The third-order valence-electron chi connectivity index (χ3n) is 8.66. The van der Waals surface area contributed by atoms with Crippen LogP contribution in [0.15, 0.2) is 107 Å². The Morgan fingerprint density at radius 1 is 0.464 bits per heavy atom. The Balaban J connectivity index is 1.09. The summed E-state index contributed by atoms with van der Waals surface area (Å²) in [6.45, 7) is 3.18. The number of carbonyl (C=O) groups excluding carboxylic acids is 4. The van der Waals surface area contributed by atoms with Crippen LogP contribution in [0.1, 0.15) is 31.8 Å². The number of carbonyl (C=O) groups is 4. The van der Waals surface area contributed by atoms with Crippen molar-refractivity contribution in [3.05, 3.63) is 119 Å². The molecule has 0 bridgehead atoms. The summed E-state index contributed by atoms with van der Waals surface area (Å²) in [5.74, 6) is -3.74. The number of aryl methyl sites for hydroxylation is 2. The molecular weight excluding hydrogens is 769 g/mol. The molecule has 4 amide bonds. The number of benzene rings is 6. The molecule has 0 aliphatic heterocycles. The van der Waals surface area contributed by atoms with Gasteiger partial charge in [0.2, 0.25) is 0 Å². The number of rotatable bonds is 8. The van der Waals surface area contributed by atoms with E-state index in [4.69, 9.17) is 0 Å². The van der Waals surface area contributed by atoms with E-state index in [0.29, 0.717) is 11.1 Å².